The number of halogens is 1. The van der Waals surface area contributed by atoms with E-state index in [1.807, 2.05) is 23.1 Å². The van der Waals surface area contributed by atoms with Crippen molar-refractivity contribution in [2.24, 2.45) is 0 Å². The van der Waals surface area contributed by atoms with E-state index in [0.717, 1.165) is 36.1 Å². The summed E-state index contributed by atoms with van der Waals surface area (Å²) in [5.74, 6) is -1.22. The Balaban J connectivity index is 1.45. The number of pyridine rings is 1. The third-order valence-electron chi connectivity index (χ3n) is 5.31. The Morgan fingerprint density at radius 2 is 2.07 bits per heavy atom. The summed E-state index contributed by atoms with van der Waals surface area (Å²) in [6.45, 7) is 3.55. The Morgan fingerprint density at radius 1 is 1.23 bits per heavy atom. The van der Waals surface area contributed by atoms with Gasteiger partial charge in [0, 0.05) is 42.5 Å². The molecular formula is C22H18FN3O3S. The van der Waals surface area contributed by atoms with E-state index in [9.17, 15) is 13.4 Å². The second-order valence-electron chi connectivity index (χ2n) is 7.28. The monoisotopic (exact) mass is 423 g/mol. The number of nitrogens with one attached hydrogen (secondary N) is 1. The maximum Gasteiger partial charge on any atom is 0.298 e. The Hall–Kier alpha value is -3.26. The maximum atomic E-state index is 14.5. The second kappa shape index (κ2) is 7.21. The van der Waals surface area contributed by atoms with Crippen LogP contribution in [0.25, 0.3) is 21.9 Å². The van der Waals surface area contributed by atoms with Crippen LogP contribution in [0.2, 0.25) is 0 Å². The predicted molar refractivity (Wildman–Crippen MR) is 113 cm³/mol. The van der Waals surface area contributed by atoms with Gasteiger partial charge >= 0.3 is 0 Å². The van der Waals surface area contributed by atoms with Gasteiger partial charge in [-0.1, -0.05) is 18.2 Å². The molecule has 1 unspecified atom stereocenters. The molecule has 3 heterocycles. The van der Waals surface area contributed by atoms with Gasteiger partial charge in [0.05, 0.1) is 15.8 Å². The van der Waals surface area contributed by atoms with Crippen LogP contribution in [0, 0.1) is 12.7 Å². The molecule has 1 atom stereocenters. The zero-order valence-electron chi connectivity index (χ0n) is 16.1. The highest BCUT2D eigenvalue weighted by Crippen LogP contribution is 2.30. The van der Waals surface area contributed by atoms with Crippen molar-refractivity contribution in [3.63, 3.8) is 0 Å². The molecule has 1 fully saturated rings. The molecule has 2 aromatic heterocycles. The van der Waals surface area contributed by atoms with Crippen LogP contribution in [0.3, 0.4) is 0 Å². The summed E-state index contributed by atoms with van der Waals surface area (Å²) in [6.07, 6.45) is 2.68. The average Bonchev–Trinajstić information content (AvgIpc) is 3.11. The molecule has 1 saturated heterocycles. The molecule has 1 amide bonds. The number of anilines is 1. The fourth-order valence-electron chi connectivity index (χ4n) is 3.59. The summed E-state index contributed by atoms with van der Waals surface area (Å²) in [5, 5.41) is 1.04. The van der Waals surface area contributed by atoms with E-state index in [2.05, 4.69) is 9.71 Å². The number of hydrogen-bond acceptors (Lipinski definition) is 5. The van der Waals surface area contributed by atoms with Crippen LogP contribution in [0.4, 0.5) is 10.1 Å². The highest BCUT2D eigenvalue weighted by atomic mass is 32.2. The smallest absolute Gasteiger partial charge is 0.298 e. The predicted octanol–water partition coefficient (Wildman–Crippen LogP) is 4.09. The van der Waals surface area contributed by atoms with Gasteiger partial charge in [0.2, 0.25) is 0 Å². The molecule has 1 aliphatic heterocycles. The van der Waals surface area contributed by atoms with Gasteiger partial charge in [0.1, 0.15) is 11.4 Å². The molecule has 0 radical (unpaired) electrons. The molecule has 8 heteroatoms. The number of hydrogen-bond donors (Lipinski definition) is 1. The Morgan fingerprint density at radius 3 is 2.83 bits per heavy atom. The van der Waals surface area contributed by atoms with Crippen molar-refractivity contribution in [2.75, 3.05) is 18.0 Å². The van der Waals surface area contributed by atoms with E-state index in [-0.39, 0.29) is 16.7 Å². The van der Waals surface area contributed by atoms with Gasteiger partial charge in [-0.15, -0.1) is 0 Å². The lowest BCUT2D eigenvalue weighted by atomic mass is 10.1. The Labute approximate surface area is 174 Å². The average molecular weight is 423 g/mol. The van der Waals surface area contributed by atoms with Gasteiger partial charge in [0.25, 0.3) is 5.91 Å². The quantitative estimate of drug-likeness (QED) is 0.535. The van der Waals surface area contributed by atoms with Gasteiger partial charge in [0.15, 0.2) is 16.7 Å². The second-order valence-corrected chi connectivity index (χ2v) is 8.43. The minimum Gasteiger partial charge on any atom is -0.451 e. The molecule has 1 aliphatic rings. The fourth-order valence-corrected chi connectivity index (χ4v) is 4.67. The van der Waals surface area contributed by atoms with E-state index in [0.29, 0.717) is 10.4 Å². The first-order chi connectivity index (χ1) is 14.5. The molecular weight excluding hydrogens is 405 g/mol. The maximum absolute atomic E-state index is 14.5. The molecule has 6 nitrogen and oxygen atoms in total. The van der Waals surface area contributed by atoms with Crippen LogP contribution in [0.5, 0.6) is 0 Å². The normalized spacial score (nSPS) is 14.7. The first-order valence-corrected chi connectivity index (χ1v) is 10.7. The molecule has 1 N–H and O–H groups in total. The minimum absolute atomic E-state index is 0.0936. The molecule has 2 aromatic carbocycles. The summed E-state index contributed by atoms with van der Waals surface area (Å²) >= 11 is 0. The van der Waals surface area contributed by atoms with E-state index >= 15 is 0 Å². The van der Waals surface area contributed by atoms with Crippen LogP contribution in [-0.2, 0) is 11.0 Å². The van der Waals surface area contributed by atoms with E-state index in [1.54, 1.807) is 25.3 Å². The van der Waals surface area contributed by atoms with E-state index < -0.39 is 22.7 Å². The summed E-state index contributed by atoms with van der Waals surface area (Å²) < 4.78 is 35.5. The van der Waals surface area contributed by atoms with Crippen molar-refractivity contribution in [3.05, 3.63) is 65.8 Å². The van der Waals surface area contributed by atoms with E-state index in [1.165, 1.54) is 12.1 Å². The molecule has 5 rings (SSSR count). The molecule has 152 valence electrons. The lowest BCUT2D eigenvalue weighted by Crippen LogP contribution is -2.36. The van der Waals surface area contributed by atoms with Crippen molar-refractivity contribution in [3.8, 4) is 0 Å². The number of fused-ring (bicyclic) bond motifs is 2. The number of aromatic nitrogens is 1. The van der Waals surface area contributed by atoms with Crippen molar-refractivity contribution in [2.45, 2.75) is 18.2 Å². The Kier molecular flexibility index (Phi) is 4.51. The van der Waals surface area contributed by atoms with Crippen LogP contribution in [0.1, 0.15) is 22.5 Å². The number of aryl methyl sites for hydroxylation is 1. The SMILES string of the molecule is Cc1ccc2cccnc2c1S(=O)NC(=O)c1cc2c(F)cc(N3CCC3)cc2o1. The third-order valence-corrected chi connectivity index (χ3v) is 6.57. The van der Waals surface area contributed by atoms with Gasteiger partial charge in [-0.2, -0.15) is 0 Å². The molecule has 0 spiro atoms. The number of rotatable bonds is 4. The molecule has 0 saturated carbocycles. The molecule has 30 heavy (non-hydrogen) atoms. The van der Waals surface area contributed by atoms with Crippen molar-refractivity contribution >= 4 is 44.5 Å². The Bertz CT molecular complexity index is 1330. The molecule has 0 bridgehead atoms. The van der Waals surface area contributed by atoms with Gasteiger partial charge < -0.3 is 9.32 Å². The summed E-state index contributed by atoms with van der Waals surface area (Å²) in [6, 6.07) is 11.9. The van der Waals surface area contributed by atoms with E-state index in [4.69, 9.17) is 4.42 Å². The highest BCUT2D eigenvalue weighted by molar-refractivity contribution is 7.84. The van der Waals surface area contributed by atoms with Crippen molar-refractivity contribution in [1.29, 1.82) is 0 Å². The molecule has 0 aliphatic carbocycles. The van der Waals surface area contributed by atoms with Gasteiger partial charge in [-0.3, -0.25) is 14.5 Å². The number of carbonyl (C=O) groups excluding carboxylic acids is 1. The highest BCUT2D eigenvalue weighted by Gasteiger charge is 2.22. The van der Waals surface area contributed by atoms with Crippen LogP contribution >= 0.6 is 0 Å². The minimum atomic E-state index is -1.86. The fraction of sp³-hybridized carbons (Fsp3) is 0.182. The van der Waals surface area contributed by atoms with Crippen molar-refractivity contribution < 1.29 is 17.8 Å². The third kappa shape index (κ3) is 3.13. The summed E-state index contributed by atoms with van der Waals surface area (Å²) in [7, 11) is -1.86. The summed E-state index contributed by atoms with van der Waals surface area (Å²) in [4.78, 5) is 19.5. The topological polar surface area (TPSA) is 75.4 Å². The first kappa shape index (κ1) is 18.7. The standard InChI is InChI=1S/C22H18FN3O3S/c1-13-5-6-14-4-2-7-24-20(14)21(13)30(28)25-22(27)19-12-16-17(23)10-15(11-18(16)29-19)26-8-3-9-26/h2,4-7,10-12H,3,8-9H2,1H3,(H,25,27). The first-order valence-electron chi connectivity index (χ1n) is 9.56. The number of carbonyl (C=O) groups is 1. The zero-order valence-corrected chi connectivity index (χ0v) is 17.0. The van der Waals surface area contributed by atoms with Gasteiger partial charge in [-0.05, 0) is 31.0 Å². The van der Waals surface area contributed by atoms with Crippen LogP contribution < -0.4 is 9.62 Å². The van der Waals surface area contributed by atoms with Gasteiger partial charge in [-0.25, -0.2) is 8.60 Å². The zero-order chi connectivity index (χ0) is 20.8. The number of benzene rings is 2. The number of furan rings is 1. The number of amides is 1. The molecule has 4 aromatic rings. The lowest BCUT2D eigenvalue weighted by Gasteiger charge is -2.33. The number of nitrogens with zero attached hydrogens (tertiary/aromatic N) is 2. The van der Waals surface area contributed by atoms with Crippen LogP contribution in [0.15, 0.2) is 58.0 Å². The van der Waals surface area contributed by atoms with Crippen LogP contribution in [-0.4, -0.2) is 28.2 Å². The largest absolute Gasteiger partial charge is 0.451 e. The summed E-state index contributed by atoms with van der Waals surface area (Å²) in [5.41, 5.74) is 2.32. The lowest BCUT2D eigenvalue weighted by molar-refractivity contribution is 0.0958. The van der Waals surface area contributed by atoms with Crippen molar-refractivity contribution in [1.82, 2.24) is 9.71 Å².